The Morgan fingerprint density at radius 3 is 2.64 bits per heavy atom. The van der Waals surface area contributed by atoms with Crippen molar-refractivity contribution < 1.29 is 9.59 Å². The molecule has 1 aliphatic rings. The first-order valence-electron chi connectivity index (χ1n) is 8.50. The number of amides is 2. The Morgan fingerprint density at radius 2 is 1.92 bits per heavy atom. The van der Waals surface area contributed by atoms with Crippen LogP contribution in [-0.4, -0.2) is 23.6 Å². The van der Waals surface area contributed by atoms with Gasteiger partial charge in [0, 0.05) is 16.5 Å². The molecule has 3 rings (SSSR count). The minimum atomic E-state index is -0.0586. The maximum atomic E-state index is 12.3. The Balaban J connectivity index is 1.74. The van der Waals surface area contributed by atoms with E-state index in [0.29, 0.717) is 17.9 Å². The van der Waals surface area contributed by atoms with Gasteiger partial charge in [-0.2, -0.15) is 0 Å². The third kappa shape index (κ3) is 4.04. The van der Waals surface area contributed by atoms with Crippen molar-refractivity contribution in [2.75, 3.05) is 10.7 Å². The fraction of sp³-hybridized carbons (Fsp3) is 0.300. The SMILES string of the molecule is CCC(C)NC(=O)c1ccc(CN2C(=O)CSc3ccccc32)cc1. The topological polar surface area (TPSA) is 49.4 Å². The fourth-order valence-electron chi connectivity index (χ4n) is 2.68. The molecule has 2 aromatic carbocycles. The predicted octanol–water partition coefficient (Wildman–Crippen LogP) is 3.85. The van der Waals surface area contributed by atoms with Gasteiger partial charge in [-0.05, 0) is 43.2 Å². The molecule has 0 fully saturated rings. The van der Waals surface area contributed by atoms with Crippen molar-refractivity contribution in [1.82, 2.24) is 5.32 Å². The van der Waals surface area contributed by atoms with Crippen molar-refractivity contribution >= 4 is 29.3 Å². The molecule has 1 heterocycles. The molecule has 0 saturated heterocycles. The van der Waals surface area contributed by atoms with Crippen LogP contribution in [0.5, 0.6) is 0 Å². The summed E-state index contributed by atoms with van der Waals surface area (Å²) in [5.74, 6) is 0.519. The molecule has 1 aliphatic heterocycles. The maximum absolute atomic E-state index is 12.3. The van der Waals surface area contributed by atoms with Crippen LogP contribution < -0.4 is 10.2 Å². The van der Waals surface area contributed by atoms with E-state index in [4.69, 9.17) is 0 Å². The van der Waals surface area contributed by atoms with Gasteiger partial charge >= 0.3 is 0 Å². The van der Waals surface area contributed by atoms with E-state index < -0.39 is 0 Å². The summed E-state index contributed by atoms with van der Waals surface area (Å²) in [5, 5.41) is 2.96. The van der Waals surface area contributed by atoms with Crippen LogP contribution in [0.25, 0.3) is 0 Å². The summed E-state index contributed by atoms with van der Waals surface area (Å²) >= 11 is 1.58. The zero-order valence-corrected chi connectivity index (χ0v) is 15.3. The maximum Gasteiger partial charge on any atom is 0.251 e. The molecule has 4 nitrogen and oxygen atoms in total. The van der Waals surface area contributed by atoms with Crippen LogP contribution in [0.2, 0.25) is 0 Å². The van der Waals surface area contributed by atoms with Crippen LogP contribution in [0.1, 0.15) is 36.2 Å². The van der Waals surface area contributed by atoms with E-state index in [1.165, 1.54) is 0 Å². The average molecular weight is 354 g/mol. The summed E-state index contributed by atoms with van der Waals surface area (Å²) < 4.78 is 0. The normalized spacial score (nSPS) is 14.8. The van der Waals surface area contributed by atoms with E-state index in [-0.39, 0.29) is 17.9 Å². The second kappa shape index (κ2) is 7.74. The summed E-state index contributed by atoms with van der Waals surface area (Å²) in [6, 6.07) is 15.6. The summed E-state index contributed by atoms with van der Waals surface area (Å²) in [7, 11) is 0. The van der Waals surface area contributed by atoms with Gasteiger partial charge in [0.1, 0.15) is 0 Å². The highest BCUT2D eigenvalue weighted by atomic mass is 32.2. The number of thioether (sulfide) groups is 1. The molecule has 1 N–H and O–H groups in total. The molecule has 0 aliphatic carbocycles. The molecule has 0 radical (unpaired) electrons. The van der Waals surface area contributed by atoms with Crippen molar-refractivity contribution in [3.8, 4) is 0 Å². The number of benzene rings is 2. The molecule has 130 valence electrons. The number of fused-ring (bicyclic) bond motifs is 1. The third-order valence-electron chi connectivity index (χ3n) is 4.35. The Morgan fingerprint density at radius 1 is 1.20 bits per heavy atom. The Bertz CT molecular complexity index is 774. The molecule has 5 heteroatoms. The standard InChI is InChI=1S/C20H22N2O2S/c1-3-14(2)21-20(24)16-10-8-15(9-11-16)12-22-17-6-4-5-7-18(17)25-13-19(22)23/h4-11,14H,3,12-13H2,1-2H3,(H,21,24). The summed E-state index contributed by atoms with van der Waals surface area (Å²) in [4.78, 5) is 27.4. The lowest BCUT2D eigenvalue weighted by molar-refractivity contribution is -0.116. The zero-order valence-electron chi connectivity index (χ0n) is 14.5. The molecule has 0 bridgehead atoms. The van der Waals surface area contributed by atoms with Crippen molar-refractivity contribution in [3.05, 3.63) is 59.7 Å². The number of para-hydroxylation sites is 1. The number of nitrogens with one attached hydrogen (secondary N) is 1. The smallest absolute Gasteiger partial charge is 0.251 e. The number of rotatable bonds is 5. The van der Waals surface area contributed by atoms with E-state index in [1.807, 2.05) is 67.3 Å². The van der Waals surface area contributed by atoms with Crippen molar-refractivity contribution in [1.29, 1.82) is 0 Å². The zero-order chi connectivity index (χ0) is 17.8. The molecule has 2 aromatic rings. The van der Waals surface area contributed by atoms with Gasteiger partial charge in [-0.25, -0.2) is 0 Å². The Hall–Kier alpha value is -2.27. The van der Waals surface area contributed by atoms with E-state index in [0.717, 1.165) is 22.6 Å². The predicted molar refractivity (Wildman–Crippen MR) is 102 cm³/mol. The van der Waals surface area contributed by atoms with Gasteiger partial charge in [-0.3, -0.25) is 9.59 Å². The highest BCUT2D eigenvalue weighted by Crippen LogP contribution is 2.35. The number of carbonyl (C=O) groups excluding carboxylic acids is 2. The molecule has 0 aromatic heterocycles. The van der Waals surface area contributed by atoms with Crippen molar-refractivity contribution in [2.45, 2.75) is 37.8 Å². The minimum absolute atomic E-state index is 0.0586. The van der Waals surface area contributed by atoms with Crippen LogP contribution >= 0.6 is 11.8 Å². The minimum Gasteiger partial charge on any atom is -0.350 e. The quantitative estimate of drug-likeness (QED) is 0.887. The van der Waals surface area contributed by atoms with E-state index in [1.54, 1.807) is 11.8 Å². The summed E-state index contributed by atoms with van der Waals surface area (Å²) in [5.41, 5.74) is 2.61. The van der Waals surface area contributed by atoms with E-state index in [9.17, 15) is 9.59 Å². The lowest BCUT2D eigenvalue weighted by Gasteiger charge is -2.29. The Labute approximate surface area is 152 Å². The number of carbonyl (C=O) groups is 2. The first-order chi connectivity index (χ1) is 12.1. The molecular formula is C20H22N2O2S. The molecule has 0 spiro atoms. The van der Waals surface area contributed by atoms with Gasteiger partial charge in [0.05, 0.1) is 18.0 Å². The lowest BCUT2D eigenvalue weighted by Crippen LogP contribution is -2.34. The highest BCUT2D eigenvalue weighted by molar-refractivity contribution is 8.00. The van der Waals surface area contributed by atoms with Crippen LogP contribution in [0, 0.1) is 0 Å². The summed E-state index contributed by atoms with van der Waals surface area (Å²) in [6.07, 6.45) is 0.901. The van der Waals surface area contributed by atoms with Gasteiger partial charge in [0.2, 0.25) is 5.91 Å². The van der Waals surface area contributed by atoms with Gasteiger partial charge in [-0.1, -0.05) is 31.2 Å². The second-order valence-corrected chi connectivity index (χ2v) is 7.23. The van der Waals surface area contributed by atoms with E-state index in [2.05, 4.69) is 5.32 Å². The van der Waals surface area contributed by atoms with Crippen LogP contribution in [0.3, 0.4) is 0 Å². The molecule has 25 heavy (non-hydrogen) atoms. The molecule has 0 saturated carbocycles. The first kappa shape index (κ1) is 17.5. The van der Waals surface area contributed by atoms with Gasteiger partial charge in [-0.15, -0.1) is 11.8 Å². The first-order valence-corrected chi connectivity index (χ1v) is 9.49. The van der Waals surface area contributed by atoms with Crippen LogP contribution in [-0.2, 0) is 11.3 Å². The van der Waals surface area contributed by atoms with Crippen molar-refractivity contribution in [3.63, 3.8) is 0 Å². The number of nitrogens with zero attached hydrogens (tertiary/aromatic N) is 1. The monoisotopic (exact) mass is 354 g/mol. The summed E-state index contributed by atoms with van der Waals surface area (Å²) in [6.45, 7) is 4.55. The van der Waals surface area contributed by atoms with Gasteiger partial charge in [0.25, 0.3) is 5.91 Å². The number of hydrogen-bond acceptors (Lipinski definition) is 3. The van der Waals surface area contributed by atoms with Crippen molar-refractivity contribution in [2.24, 2.45) is 0 Å². The van der Waals surface area contributed by atoms with E-state index >= 15 is 0 Å². The Kier molecular flexibility index (Phi) is 5.43. The van der Waals surface area contributed by atoms with Crippen LogP contribution in [0.15, 0.2) is 53.4 Å². The molecule has 1 atom stereocenters. The van der Waals surface area contributed by atoms with Gasteiger partial charge in [0.15, 0.2) is 0 Å². The number of hydrogen-bond donors (Lipinski definition) is 1. The second-order valence-electron chi connectivity index (χ2n) is 6.22. The lowest BCUT2D eigenvalue weighted by atomic mass is 10.1. The molecule has 2 amide bonds. The van der Waals surface area contributed by atoms with Gasteiger partial charge < -0.3 is 10.2 Å². The molecule has 1 unspecified atom stereocenters. The average Bonchev–Trinajstić information content (AvgIpc) is 2.64. The number of anilines is 1. The molecular weight excluding hydrogens is 332 g/mol. The highest BCUT2D eigenvalue weighted by Gasteiger charge is 2.24. The fourth-order valence-corrected chi connectivity index (χ4v) is 3.62. The van der Waals surface area contributed by atoms with Crippen LogP contribution in [0.4, 0.5) is 5.69 Å². The third-order valence-corrected chi connectivity index (χ3v) is 5.40. The largest absolute Gasteiger partial charge is 0.350 e.